The van der Waals surface area contributed by atoms with Gasteiger partial charge in [-0.2, -0.15) is 26.3 Å². The molecular formula is C56H42F6N2. The normalized spacial score (nSPS) is 12.4. The van der Waals surface area contributed by atoms with Crippen molar-refractivity contribution in [1.82, 2.24) is 9.13 Å². The van der Waals surface area contributed by atoms with Gasteiger partial charge in [-0.25, -0.2) is 0 Å². The van der Waals surface area contributed by atoms with Gasteiger partial charge in [0.1, 0.15) is 0 Å². The second-order valence-corrected chi connectivity index (χ2v) is 17.2. The van der Waals surface area contributed by atoms with E-state index in [-0.39, 0.29) is 22.5 Å². The number of rotatable bonds is 5. The number of para-hydroxylation sites is 2. The molecule has 8 heteroatoms. The van der Waals surface area contributed by atoms with Crippen molar-refractivity contribution in [2.75, 3.05) is 0 Å². The van der Waals surface area contributed by atoms with Crippen molar-refractivity contribution in [3.05, 3.63) is 190 Å². The highest BCUT2D eigenvalue weighted by Crippen LogP contribution is 2.47. The van der Waals surface area contributed by atoms with Gasteiger partial charge in [-0.15, -0.1) is 0 Å². The van der Waals surface area contributed by atoms with Gasteiger partial charge in [-0.3, -0.25) is 0 Å². The summed E-state index contributed by atoms with van der Waals surface area (Å²) in [5, 5.41) is 3.17. The average Bonchev–Trinajstić information content (AvgIpc) is 3.74. The van der Waals surface area contributed by atoms with Gasteiger partial charge in [0, 0.05) is 27.1 Å². The number of aryl methyl sites for hydroxylation is 6. The third-order valence-electron chi connectivity index (χ3n) is 12.7. The molecule has 0 spiro atoms. The van der Waals surface area contributed by atoms with Gasteiger partial charge in [0.15, 0.2) is 0 Å². The fourth-order valence-corrected chi connectivity index (χ4v) is 10.3. The van der Waals surface area contributed by atoms with E-state index in [1.54, 1.807) is 15.2 Å². The number of aromatic nitrogens is 2. The Hall–Kier alpha value is -7.06. The second kappa shape index (κ2) is 14.8. The number of halogens is 6. The van der Waals surface area contributed by atoms with Gasteiger partial charge in [-0.05, 0) is 140 Å². The number of nitrogens with zero attached hydrogens (tertiary/aromatic N) is 2. The van der Waals surface area contributed by atoms with Gasteiger partial charge >= 0.3 is 12.4 Å². The van der Waals surface area contributed by atoms with Gasteiger partial charge < -0.3 is 9.13 Å². The third kappa shape index (κ3) is 6.66. The van der Waals surface area contributed by atoms with Crippen molar-refractivity contribution < 1.29 is 26.3 Å². The molecule has 0 atom stereocenters. The van der Waals surface area contributed by atoms with Crippen molar-refractivity contribution in [2.24, 2.45) is 0 Å². The molecule has 64 heavy (non-hydrogen) atoms. The minimum atomic E-state index is -4.84. The first-order valence-electron chi connectivity index (χ1n) is 21.1. The zero-order valence-electron chi connectivity index (χ0n) is 36.0. The maximum Gasteiger partial charge on any atom is 0.416 e. The maximum absolute atomic E-state index is 15.7. The maximum atomic E-state index is 15.7. The number of hydrogen-bond acceptors (Lipinski definition) is 0. The molecule has 0 amide bonds. The standard InChI is InChI=1S/C56H42F6N2/c1-31-22-33(3)52(34(4)23-31)38-18-20-44-42-14-7-9-16-46(42)63(48(44)27-38)50-29-41(56(60,61)62)30-51(54(50)37-12-11-13-40(26-37)55(57,58)59)64-47-17-10-8-15-43(47)45-21-19-39(28-49(45)64)53-35(5)24-32(2)25-36(53)6/h7-30H,1-6H3. The van der Waals surface area contributed by atoms with Crippen LogP contribution < -0.4 is 0 Å². The van der Waals surface area contributed by atoms with Crippen LogP contribution in [0.5, 0.6) is 0 Å². The molecule has 0 aliphatic rings. The lowest BCUT2D eigenvalue weighted by Crippen LogP contribution is -2.11. The van der Waals surface area contributed by atoms with Crippen molar-refractivity contribution in [2.45, 2.75) is 53.9 Å². The van der Waals surface area contributed by atoms with Gasteiger partial charge in [0.05, 0.1) is 44.6 Å². The number of benzene rings is 8. The van der Waals surface area contributed by atoms with E-state index < -0.39 is 23.5 Å². The second-order valence-electron chi connectivity index (χ2n) is 17.2. The summed E-state index contributed by atoms with van der Waals surface area (Å²) in [6.45, 7) is 12.2. The van der Waals surface area contributed by atoms with Crippen LogP contribution in [0.3, 0.4) is 0 Å². The first-order valence-corrected chi connectivity index (χ1v) is 21.1. The molecule has 2 nitrogen and oxygen atoms in total. The highest BCUT2D eigenvalue weighted by molar-refractivity contribution is 6.13. The van der Waals surface area contributed by atoms with Crippen LogP contribution in [0.4, 0.5) is 26.3 Å². The number of alkyl halides is 6. The van der Waals surface area contributed by atoms with Crippen molar-refractivity contribution in [3.63, 3.8) is 0 Å². The lowest BCUT2D eigenvalue weighted by atomic mass is 9.93. The molecule has 318 valence electrons. The molecule has 0 aliphatic carbocycles. The summed E-state index contributed by atoms with van der Waals surface area (Å²) in [4.78, 5) is 0. The molecule has 0 aliphatic heterocycles. The van der Waals surface area contributed by atoms with Gasteiger partial charge in [0.25, 0.3) is 0 Å². The monoisotopic (exact) mass is 856 g/mol. The van der Waals surface area contributed by atoms with E-state index in [0.717, 1.165) is 101 Å². The smallest absolute Gasteiger partial charge is 0.309 e. The summed E-state index contributed by atoms with van der Waals surface area (Å²) >= 11 is 0. The lowest BCUT2D eigenvalue weighted by Gasteiger charge is -2.23. The molecule has 0 bridgehead atoms. The zero-order valence-corrected chi connectivity index (χ0v) is 36.0. The largest absolute Gasteiger partial charge is 0.416 e. The van der Waals surface area contributed by atoms with Crippen LogP contribution in [0.2, 0.25) is 0 Å². The Morgan fingerprint density at radius 3 is 1.14 bits per heavy atom. The minimum absolute atomic E-state index is 0.0946. The van der Waals surface area contributed by atoms with E-state index in [9.17, 15) is 13.2 Å². The first kappa shape index (κ1) is 41.0. The van der Waals surface area contributed by atoms with E-state index in [1.807, 2.05) is 126 Å². The van der Waals surface area contributed by atoms with Crippen LogP contribution in [-0.2, 0) is 12.4 Å². The topological polar surface area (TPSA) is 9.86 Å². The Labute approximate surface area is 366 Å². The molecule has 0 fully saturated rings. The Kier molecular flexibility index (Phi) is 9.45. The summed E-state index contributed by atoms with van der Waals surface area (Å²) in [5.74, 6) is 0. The van der Waals surface area contributed by atoms with Crippen LogP contribution in [0.1, 0.15) is 44.5 Å². The van der Waals surface area contributed by atoms with Crippen molar-refractivity contribution in [3.8, 4) is 44.8 Å². The summed E-state index contributed by atoms with van der Waals surface area (Å²) in [7, 11) is 0. The molecule has 8 aromatic carbocycles. The lowest BCUT2D eigenvalue weighted by molar-refractivity contribution is -0.138. The van der Waals surface area contributed by atoms with Crippen LogP contribution in [0.25, 0.3) is 88.4 Å². The Morgan fingerprint density at radius 2 is 0.719 bits per heavy atom. The van der Waals surface area contributed by atoms with Crippen LogP contribution in [0, 0.1) is 41.5 Å². The summed E-state index contributed by atoms with van der Waals surface area (Å²) in [6, 6.07) is 42.5. The average molecular weight is 857 g/mol. The predicted octanol–water partition coefficient (Wildman–Crippen LogP) is 16.8. The predicted molar refractivity (Wildman–Crippen MR) is 250 cm³/mol. The van der Waals surface area contributed by atoms with Crippen LogP contribution >= 0.6 is 0 Å². The van der Waals surface area contributed by atoms with E-state index in [4.69, 9.17) is 0 Å². The van der Waals surface area contributed by atoms with Gasteiger partial charge in [0.2, 0.25) is 0 Å². The molecule has 0 N–H and O–H groups in total. The highest BCUT2D eigenvalue weighted by atomic mass is 19.4. The molecule has 0 radical (unpaired) electrons. The Balaban J connectivity index is 1.40. The van der Waals surface area contributed by atoms with E-state index in [0.29, 0.717) is 22.1 Å². The fraction of sp³-hybridized carbons (Fsp3) is 0.143. The Morgan fingerprint density at radius 1 is 0.328 bits per heavy atom. The highest BCUT2D eigenvalue weighted by Gasteiger charge is 2.36. The molecule has 10 aromatic rings. The number of hydrogen-bond donors (Lipinski definition) is 0. The first-order chi connectivity index (χ1) is 30.5. The third-order valence-corrected chi connectivity index (χ3v) is 12.7. The molecule has 0 saturated carbocycles. The van der Waals surface area contributed by atoms with E-state index in [1.165, 1.54) is 6.07 Å². The molecule has 0 unspecified atom stereocenters. The van der Waals surface area contributed by atoms with Crippen molar-refractivity contribution >= 4 is 43.6 Å². The minimum Gasteiger partial charge on any atom is -0.309 e. The molecule has 10 rings (SSSR count). The SMILES string of the molecule is Cc1cc(C)c(-c2ccc3c4ccccc4n(-c4cc(C(F)(F)F)cc(-n5c6ccccc6c6ccc(-c7c(C)cc(C)cc7C)cc65)c4-c4cccc(C(F)(F)F)c4)c3c2)c(C)c1. The molecular weight excluding hydrogens is 815 g/mol. The Bertz CT molecular complexity index is 3300. The molecule has 0 saturated heterocycles. The van der Waals surface area contributed by atoms with E-state index >= 15 is 13.2 Å². The summed E-state index contributed by atoms with van der Waals surface area (Å²) in [5.41, 5.74) is 11.3. The zero-order chi connectivity index (χ0) is 45.0. The summed E-state index contributed by atoms with van der Waals surface area (Å²) in [6.07, 6.45) is -9.56. The quantitative estimate of drug-likeness (QED) is 0.153. The number of fused-ring (bicyclic) bond motifs is 6. The van der Waals surface area contributed by atoms with Gasteiger partial charge in [-0.1, -0.05) is 108 Å². The van der Waals surface area contributed by atoms with Crippen LogP contribution in [0.15, 0.2) is 146 Å². The van der Waals surface area contributed by atoms with E-state index in [2.05, 4.69) is 24.3 Å². The molecule has 2 heterocycles. The summed E-state index contributed by atoms with van der Waals surface area (Å²) < 4.78 is 94.8. The van der Waals surface area contributed by atoms with Crippen molar-refractivity contribution in [1.29, 1.82) is 0 Å². The molecule has 2 aromatic heterocycles. The van der Waals surface area contributed by atoms with Crippen LogP contribution in [-0.4, -0.2) is 9.13 Å². The fourth-order valence-electron chi connectivity index (χ4n) is 10.3.